The van der Waals surface area contributed by atoms with E-state index in [1.807, 2.05) is 31.2 Å². The average molecular weight is 323 g/mol. The summed E-state index contributed by atoms with van der Waals surface area (Å²) in [5, 5.41) is 9.56. The average Bonchev–Trinajstić information content (AvgIpc) is 2.49. The molecule has 0 unspecified atom stereocenters. The molecule has 1 N–H and O–H groups in total. The predicted molar refractivity (Wildman–Crippen MR) is 84.8 cm³/mol. The quantitative estimate of drug-likeness (QED) is 0.650. The SMILES string of the molecule is CONC=Cc1nc(SCc2ccc(Cl)cc2)nnc1C. The number of rotatable bonds is 6. The van der Waals surface area contributed by atoms with Gasteiger partial charge in [0.1, 0.15) is 0 Å². The van der Waals surface area contributed by atoms with Crippen molar-refractivity contribution >= 4 is 29.4 Å². The summed E-state index contributed by atoms with van der Waals surface area (Å²) in [5.41, 5.74) is 5.30. The Labute approximate surface area is 132 Å². The van der Waals surface area contributed by atoms with Crippen LogP contribution >= 0.6 is 23.4 Å². The van der Waals surface area contributed by atoms with Crippen LogP contribution in [0.1, 0.15) is 17.0 Å². The molecule has 0 amide bonds. The van der Waals surface area contributed by atoms with Gasteiger partial charge < -0.3 is 0 Å². The molecule has 7 heteroatoms. The molecular weight excluding hydrogens is 308 g/mol. The molecule has 2 aromatic rings. The highest BCUT2D eigenvalue weighted by molar-refractivity contribution is 7.98. The van der Waals surface area contributed by atoms with Crippen molar-refractivity contribution in [2.45, 2.75) is 17.8 Å². The number of aromatic nitrogens is 3. The Hall–Kier alpha value is -1.63. The molecule has 1 aromatic heterocycles. The lowest BCUT2D eigenvalue weighted by atomic mass is 10.2. The van der Waals surface area contributed by atoms with Crippen LogP contribution in [-0.4, -0.2) is 22.3 Å². The highest BCUT2D eigenvalue weighted by atomic mass is 35.5. The first kappa shape index (κ1) is 15.8. The minimum Gasteiger partial charge on any atom is -0.280 e. The van der Waals surface area contributed by atoms with E-state index in [4.69, 9.17) is 16.4 Å². The molecule has 0 radical (unpaired) electrons. The molecule has 2 rings (SSSR count). The normalized spacial score (nSPS) is 11.0. The Balaban J connectivity index is 2.03. The van der Waals surface area contributed by atoms with E-state index >= 15 is 0 Å². The zero-order valence-electron chi connectivity index (χ0n) is 11.7. The summed E-state index contributed by atoms with van der Waals surface area (Å²) >= 11 is 7.39. The van der Waals surface area contributed by atoms with Gasteiger partial charge >= 0.3 is 0 Å². The third-order valence-corrected chi connectivity index (χ3v) is 3.74. The summed E-state index contributed by atoms with van der Waals surface area (Å²) in [6, 6.07) is 7.72. The Kier molecular flexibility index (Phi) is 5.98. The second-order valence-corrected chi connectivity index (χ2v) is 5.51. The van der Waals surface area contributed by atoms with Crippen LogP contribution in [0.3, 0.4) is 0 Å². The Morgan fingerprint density at radius 3 is 2.76 bits per heavy atom. The topological polar surface area (TPSA) is 59.9 Å². The summed E-state index contributed by atoms with van der Waals surface area (Å²) in [5.74, 6) is 0.765. The van der Waals surface area contributed by atoms with Crippen LogP contribution in [-0.2, 0) is 10.6 Å². The smallest absolute Gasteiger partial charge is 0.209 e. The maximum atomic E-state index is 5.86. The first-order valence-electron chi connectivity index (χ1n) is 6.22. The van der Waals surface area contributed by atoms with Crippen LogP contribution in [0.4, 0.5) is 0 Å². The molecule has 21 heavy (non-hydrogen) atoms. The van der Waals surface area contributed by atoms with Crippen LogP contribution < -0.4 is 5.48 Å². The minimum atomic E-state index is 0.632. The number of thioether (sulfide) groups is 1. The Morgan fingerprint density at radius 1 is 1.29 bits per heavy atom. The molecule has 0 spiro atoms. The molecule has 0 aliphatic rings. The number of hydrogen-bond acceptors (Lipinski definition) is 6. The van der Waals surface area contributed by atoms with E-state index in [9.17, 15) is 0 Å². The van der Waals surface area contributed by atoms with Gasteiger partial charge in [0.15, 0.2) is 0 Å². The van der Waals surface area contributed by atoms with Crippen molar-refractivity contribution in [2.24, 2.45) is 0 Å². The largest absolute Gasteiger partial charge is 0.280 e. The summed E-state index contributed by atoms with van der Waals surface area (Å²) in [6.07, 6.45) is 3.45. The number of nitrogens with one attached hydrogen (secondary N) is 1. The van der Waals surface area contributed by atoms with E-state index in [0.717, 1.165) is 27.7 Å². The zero-order valence-corrected chi connectivity index (χ0v) is 13.3. The van der Waals surface area contributed by atoms with Gasteiger partial charge in [-0.15, -0.1) is 5.10 Å². The van der Waals surface area contributed by atoms with Gasteiger partial charge in [-0.25, -0.2) is 4.98 Å². The van der Waals surface area contributed by atoms with Gasteiger partial charge in [0.2, 0.25) is 5.16 Å². The van der Waals surface area contributed by atoms with Gasteiger partial charge in [-0.05, 0) is 30.7 Å². The zero-order chi connectivity index (χ0) is 15.1. The molecule has 0 atom stereocenters. The van der Waals surface area contributed by atoms with Crippen LogP contribution in [0, 0.1) is 6.92 Å². The number of aryl methyl sites for hydroxylation is 1. The van der Waals surface area contributed by atoms with Crippen molar-refractivity contribution in [2.75, 3.05) is 7.11 Å². The highest BCUT2D eigenvalue weighted by Crippen LogP contribution is 2.20. The van der Waals surface area contributed by atoms with Gasteiger partial charge in [-0.2, -0.15) is 5.10 Å². The highest BCUT2D eigenvalue weighted by Gasteiger charge is 2.04. The molecule has 1 aromatic carbocycles. The van der Waals surface area contributed by atoms with Crippen molar-refractivity contribution in [3.8, 4) is 0 Å². The molecule has 110 valence electrons. The van der Waals surface area contributed by atoms with Gasteiger partial charge in [0.05, 0.1) is 18.5 Å². The third-order valence-electron chi connectivity index (χ3n) is 2.58. The number of hydroxylamine groups is 1. The predicted octanol–water partition coefficient (Wildman–Crippen LogP) is 3.25. The van der Waals surface area contributed by atoms with Crippen molar-refractivity contribution in [3.05, 3.63) is 52.4 Å². The fraction of sp³-hybridized carbons (Fsp3) is 0.214. The van der Waals surface area contributed by atoms with Gasteiger partial charge in [-0.1, -0.05) is 35.5 Å². The molecule has 1 heterocycles. The second kappa shape index (κ2) is 7.97. The van der Waals surface area contributed by atoms with Crippen LogP contribution in [0.25, 0.3) is 6.08 Å². The monoisotopic (exact) mass is 322 g/mol. The van der Waals surface area contributed by atoms with E-state index in [1.165, 1.54) is 11.8 Å². The number of hydrogen-bond donors (Lipinski definition) is 1. The van der Waals surface area contributed by atoms with E-state index < -0.39 is 0 Å². The Morgan fingerprint density at radius 2 is 2.05 bits per heavy atom. The van der Waals surface area contributed by atoms with Crippen molar-refractivity contribution in [3.63, 3.8) is 0 Å². The fourth-order valence-corrected chi connectivity index (χ4v) is 2.38. The second-order valence-electron chi connectivity index (χ2n) is 4.14. The molecule has 0 saturated carbocycles. The van der Waals surface area contributed by atoms with Crippen molar-refractivity contribution in [1.82, 2.24) is 20.7 Å². The van der Waals surface area contributed by atoms with E-state index in [2.05, 4.69) is 20.7 Å². The lowest BCUT2D eigenvalue weighted by Crippen LogP contribution is -2.02. The van der Waals surface area contributed by atoms with E-state index in [1.54, 1.807) is 19.4 Å². The third kappa shape index (κ3) is 5.00. The number of benzene rings is 1. The number of halogens is 1. The summed E-state index contributed by atoms with van der Waals surface area (Å²) in [7, 11) is 1.54. The van der Waals surface area contributed by atoms with E-state index in [0.29, 0.717) is 5.16 Å². The standard InChI is InChI=1S/C14H15ClN4OS/c1-10-13(7-8-16-20-2)17-14(19-18-10)21-9-11-3-5-12(15)6-4-11/h3-8,16H,9H2,1-2H3. The maximum absolute atomic E-state index is 5.86. The maximum Gasteiger partial charge on any atom is 0.209 e. The first-order valence-corrected chi connectivity index (χ1v) is 7.59. The minimum absolute atomic E-state index is 0.632. The lowest BCUT2D eigenvalue weighted by Gasteiger charge is -2.03. The fourth-order valence-electron chi connectivity index (χ4n) is 1.50. The number of nitrogens with zero attached hydrogens (tertiary/aromatic N) is 3. The summed E-state index contributed by atoms with van der Waals surface area (Å²) in [6.45, 7) is 1.86. The van der Waals surface area contributed by atoms with E-state index in [-0.39, 0.29) is 0 Å². The molecule has 0 saturated heterocycles. The summed E-state index contributed by atoms with van der Waals surface area (Å²) < 4.78 is 0. The molecular formula is C14H15ClN4OS. The van der Waals surface area contributed by atoms with Crippen LogP contribution in [0.2, 0.25) is 5.02 Å². The molecule has 0 fully saturated rings. The van der Waals surface area contributed by atoms with Gasteiger partial charge in [-0.3, -0.25) is 10.3 Å². The lowest BCUT2D eigenvalue weighted by molar-refractivity contribution is 0.129. The van der Waals surface area contributed by atoms with Crippen molar-refractivity contribution in [1.29, 1.82) is 0 Å². The van der Waals surface area contributed by atoms with Crippen LogP contribution in [0.5, 0.6) is 0 Å². The molecule has 0 aliphatic heterocycles. The van der Waals surface area contributed by atoms with Crippen molar-refractivity contribution < 1.29 is 4.84 Å². The molecule has 0 bridgehead atoms. The van der Waals surface area contributed by atoms with Gasteiger partial charge in [0.25, 0.3) is 0 Å². The summed E-state index contributed by atoms with van der Waals surface area (Å²) in [4.78, 5) is 9.19. The first-order chi connectivity index (χ1) is 10.2. The van der Waals surface area contributed by atoms with Gasteiger partial charge in [0, 0.05) is 17.0 Å². The van der Waals surface area contributed by atoms with Crippen LogP contribution in [0.15, 0.2) is 35.6 Å². The molecule has 0 aliphatic carbocycles. The molecule has 5 nitrogen and oxygen atoms in total. The Bertz CT molecular complexity index is 619.